The second-order valence-electron chi connectivity index (χ2n) is 5.66. The molecule has 118 valence electrons. The number of carbonyl (C=O) groups is 2. The smallest absolute Gasteiger partial charge is 0.229 e. The first-order valence-electron chi connectivity index (χ1n) is 7.50. The number of likely N-dealkylation sites (tertiary alicyclic amines) is 1. The van der Waals surface area contributed by atoms with Crippen molar-refractivity contribution in [1.82, 2.24) is 4.90 Å². The van der Waals surface area contributed by atoms with Gasteiger partial charge in [0.25, 0.3) is 0 Å². The number of benzene rings is 2. The molecule has 1 unspecified atom stereocenters. The summed E-state index contributed by atoms with van der Waals surface area (Å²) in [6.45, 7) is 0.917. The molecule has 2 amide bonds. The summed E-state index contributed by atoms with van der Waals surface area (Å²) in [5.74, 6) is -0.960. The zero-order chi connectivity index (χ0) is 16.2. The standard InChI is InChI=1S/C18H17FN2O2/c19-15-6-8-16(9-7-15)20-18(23)14-10-17(22)21(12-14)11-13-4-2-1-3-5-13/h1-9,14H,10-12H2,(H,20,23). The average molecular weight is 312 g/mol. The zero-order valence-electron chi connectivity index (χ0n) is 12.5. The molecule has 23 heavy (non-hydrogen) atoms. The third-order valence-electron chi connectivity index (χ3n) is 3.91. The van der Waals surface area contributed by atoms with Crippen LogP contribution < -0.4 is 5.32 Å². The maximum Gasteiger partial charge on any atom is 0.229 e. The van der Waals surface area contributed by atoms with Crippen LogP contribution in [0.15, 0.2) is 54.6 Å². The first-order chi connectivity index (χ1) is 11.1. The lowest BCUT2D eigenvalue weighted by Gasteiger charge is -2.16. The molecule has 0 aliphatic carbocycles. The number of rotatable bonds is 4. The maximum absolute atomic E-state index is 12.9. The molecule has 5 heteroatoms. The Morgan fingerprint density at radius 2 is 1.83 bits per heavy atom. The van der Waals surface area contributed by atoms with Crippen molar-refractivity contribution in [2.75, 3.05) is 11.9 Å². The van der Waals surface area contributed by atoms with Crippen LogP contribution in [0.4, 0.5) is 10.1 Å². The topological polar surface area (TPSA) is 49.4 Å². The summed E-state index contributed by atoms with van der Waals surface area (Å²) >= 11 is 0. The molecule has 2 aromatic carbocycles. The minimum Gasteiger partial charge on any atom is -0.338 e. The van der Waals surface area contributed by atoms with Gasteiger partial charge < -0.3 is 10.2 Å². The van der Waals surface area contributed by atoms with E-state index in [9.17, 15) is 14.0 Å². The van der Waals surface area contributed by atoms with E-state index in [1.807, 2.05) is 30.3 Å². The Labute approximate surface area is 133 Å². The molecule has 1 saturated heterocycles. The number of anilines is 1. The molecule has 3 rings (SSSR count). The molecule has 0 aromatic heterocycles. The summed E-state index contributed by atoms with van der Waals surface area (Å²) in [5.41, 5.74) is 1.57. The van der Waals surface area contributed by atoms with Crippen molar-refractivity contribution < 1.29 is 14.0 Å². The van der Waals surface area contributed by atoms with E-state index in [4.69, 9.17) is 0 Å². The van der Waals surface area contributed by atoms with Crippen molar-refractivity contribution in [1.29, 1.82) is 0 Å². The van der Waals surface area contributed by atoms with E-state index in [0.717, 1.165) is 5.56 Å². The highest BCUT2D eigenvalue weighted by Crippen LogP contribution is 2.22. The Hall–Kier alpha value is -2.69. The van der Waals surface area contributed by atoms with Crippen molar-refractivity contribution in [3.8, 4) is 0 Å². The highest BCUT2D eigenvalue weighted by molar-refractivity contribution is 5.97. The van der Waals surface area contributed by atoms with E-state index >= 15 is 0 Å². The molecule has 0 bridgehead atoms. The summed E-state index contributed by atoms with van der Waals surface area (Å²) in [6.07, 6.45) is 0.208. The SMILES string of the molecule is O=C(Nc1ccc(F)cc1)C1CC(=O)N(Cc2ccccc2)C1. The van der Waals surface area contributed by atoms with E-state index in [2.05, 4.69) is 5.32 Å². The lowest BCUT2D eigenvalue weighted by Crippen LogP contribution is -2.28. The van der Waals surface area contributed by atoms with Crippen LogP contribution in [0.2, 0.25) is 0 Å². The molecule has 1 N–H and O–H groups in total. The molecule has 1 aliphatic heterocycles. The molecule has 0 spiro atoms. The maximum atomic E-state index is 12.9. The van der Waals surface area contributed by atoms with Crippen molar-refractivity contribution in [2.45, 2.75) is 13.0 Å². The van der Waals surface area contributed by atoms with Gasteiger partial charge in [0.15, 0.2) is 0 Å². The number of nitrogens with one attached hydrogen (secondary N) is 1. The molecule has 2 aromatic rings. The summed E-state index contributed by atoms with van der Waals surface area (Å²) in [6, 6.07) is 15.3. The van der Waals surface area contributed by atoms with Crippen LogP contribution in [0.1, 0.15) is 12.0 Å². The number of carbonyl (C=O) groups excluding carboxylic acids is 2. The normalized spacial score (nSPS) is 17.3. The lowest BCUT2D eigenvalue weighted by molar-refractivity contribution is -0.128. The third-order valence-corrected chi connectivity index (χ3v) is 3.91. The van der Waals surface area contributed by atoms with Crippen molar-refractivity contribution >= 4 is 17.5 Å². The van der Waals surface area contributed by atoms with Crippen LogP contribution in [0.25, 0.3) is 0 Å². The monoisotopic (exact) mass is 312 g/mol. The van der Waals surface area contributed by atoms with E-state index in [0.29, 0.717) is 18.8 Å². The molecule has 4 nitrogen and oxygen atoms in total. The number of hydrogen-bond acceptors (Lipinski definition) is 2. The molecule has 1 fully saturated rings. The van der Waals surface area contributed by atoms with E-state index in [-0.39, 0.29) is 30.0 Å². The molecule has 1 atom stereocenters. The zero-order valence-corrected chi connectivity index (χ0v) is 12.5. The first kappa shape index (κ1) is 15.2. The number of amides is 2. The minimum absolute atomic E-state index is 0.0203. The second-order valence-corrected chi connectivity index (χ2v) is 5.66. The fourth-order valence-electron chi connectivity index (χ4n) is 2.68. The van der Waals surface area contributed by atoms with Gasteiger partial charge in [-0.05, 0) is 29.8 Å². The van der Waals surface area contributed by atoms with E-state index < -0.39 is 0 Å². The Kier molecular flexibility index (Phi) is 4.37. The van der Waals surface area contributed by atoms with Gasteiger partial charge in [0.2, 0.25) is 11.8 Å². The molecule has 0 saturated carbocycles. The fourth-order valence-corrected chi connectivity index (χ4v) is 2.68. The molecular weight excluding hydrogens is 295 g/mol. The van der Waals surface area contributed by atoms with Crippen molar-refractivity contribution in [3.63, 3.8) is 0 Å². The lowest BCUT2D eigenvalue weighted by atomic mass is 10.1. The summed E-state index contributed by atoms with van der Waals surface area (Å²) in [4.78, 5) is 26.0. The Balaban J connectivity index is 1.60. The largest absolute Gasteiger partial charge is 0.338 e. The highest BCUT2D eigenvalue weighted by Gasteiger charge is 2.34. The molecular formula is C18H17FN2O2. The number of halogens is 1. The minimum atomic E-state index is -0.378. The summed E-state index contributed by atoms with van der Waals surface area (Å²) in [5, 5.41) is 2.73. The van der Waals surface area contributed by atoms with Crippen molar-refractivity contribution in [3.05, 3.63) is 66.0 Å². The van der Waals surface area contributed by atoms with Gasteiger partial charge in [-0.15, -0.1) is 0 Å². The van der Waals surface area contributed by atoms with Crippen LogP contribution in [-0.2, 0) is 16.1 Å². The van der Waals surface area contributed by atoms with Crippen LogP contribution in [0, 0.1) is 11.7 Å². The average Bonchev–Trinajstić information content (AvgIpc) is 2.92. The van der Waals surface area contributed by atoms with Gasteiger partial charge in [-0.2, -0.15) is 0 Å². The molecule has 0 radical (unpaired) electrons. The third kappa shape index (κ3) is 3.74. The van der Waals surface area contributed by atoms with Crippen LogP contribution in [-0.4, -0.2) is 23.3 Å². The van der Waals surface area contributed by atoms with Gasteiger partial charge in [0.1, 0.15) is 5.82 Å². The quantitative estimate of drug-likeness (QED) is 0.944. The van der Waals surface area contributed by atoms with Crippen molar-refractivity contribution in [2.24, 2.45) is 5.92 Å². The number of nitrogens with zero attached hydrogens (tertiary/aromatic N) is 1. The van der Waals surface area contributed by atoms with E-state index in [1.165, 1.54) is 24.3 Å². The Morgan fingerprint density at radius 3 is 2.52 bits per heavy atom. The number of hydrogen-bond donors (Lipinski definition) is 1. The van der Waals surface area contributed by atoms with Gasteiger partial charge in [0.05, 0.1) is 5.92 Å². The van der Waals surface area contributed by atoms with Gasteiger partial charge in [-0.3, -0.25) is 9.59 Å². The fraction of sp³-hybridized carbons (Fsp3) is 0.222. The van der Waals surface area contributed by atoms with Gasteiger partial charge >= 0.3 is 0 Å². The molecule has 1 aliphatic rings. The van der Waals surface area contributed by atoms with E-state index in [1.54, 1.807) is 4.90 Å². The van der Waals surface area contributed by atoms with Crippen LogP contribution in [0.5, 0.6) is 0 Å². The summed E-state index contributed by atoms with van der Waals surface area (Å²) in [7, 11) is 0. The molecule has 1 heterocycles. The summed E-state index contributed by atoms with van der Waals surface area (Å²) < 4.78 is 12.9. The van der Waals surface area contributed by atoms with Gasteiger partial charge in [-0.1, -0.05) is 30.3 Å². The van der Waals surface area contributed by atoms with Crippen LogP contribution in [0.3, 0.4) is 0 Å². The van der Waals surface area contributed by atoms with Gasteiger partial charge in [0, 0.05) is 25.2 Å². The first-order valence-corrected chi connectivity index (χ1v) is 7.50. The van der Waals surface area contributed by atoms with Gasteiger partial charge in [-0.25, -0.2) is 4.39 Å². The predicted octanol–water partition coefficient (Wildman–Crippen LogP) is 2.81. The Morgan fingerprint density at radius 1 is 1.13 bits per heavy atom. The Bertz CT molecular complexity index is 701. The second kappa shape index (κ2) is 6.60. The predicted molar refractivity (Wildman–Crippen MR) is 85.0 cm³/mol. The highest BCUT2D eigenvalue weighted by atomic mass is 19.1. The van der Waals surface area contributed by atoms with Crippen LogP contribution >= 0.6 is 0 Å².